The largest absolute Gasteiger partial charge is 0.488 e. The molecular formula is C25H21BrN2O2. The molecule has 0 saturated carbocycles. The molecule has 3 aromatic rings. The van der Waals surface area contributed by atoms with Gasteiger partial charge in [0.1, 0.15) is 12.4 Å². The summed E-state index contributed by atoms with van der Waals surface area (Å²) in [5, 5.41) is 5.89. The minimum Gasteiger partial charge on any atom is -0.488 e. The van der Waals surface area contributed by atoms with Gasteiger partial charge in [0, 0.05) is 10.0 Å². The second-order valence-corrected chi connectivity index (χ2v) is 8.07. The fourth-order valence-electron chi connectivity index (χ4n) is 3.31. The SMILES string of the molecule is CC1=NN(c2ccccc2)C(=O)/C1=C/c1cc(Br)ccc1OCc1cccc(C)c1. The molecule has 0 radical (unpaired) electrons. The molecule has 150 valence electrons. The minimum absolute atomic E-state index is 0.150. The van der Waals surface area contributed by atoms with Gasteiger partial charge in [-0.05, 0) is 55.8 Å². The average molecular weight is 461 g/mol. The lowest BCUT2D eigenvalue weighted by molar-refractivity contribution is -0.114. The van der Waals surface area contributed by atoms with Crippen molar-refractivity contribution >= 4 is 39.3 Å². The molecule has 0 N–H and O–H groups in total. The predicted molar refractivity (Wildman–Crippen MR) is 125 cm³/mol. The molecule has 0 fully saturated rings. The third-order valence-electron chi connectivity index (χ3n) is 4.81. The highest BCUT2D eigenvalue weighted by Gasteiger charge is 2.28. The summed E-state index contributed by atoms with van der Waals surface area (Å²) in [5.41, 5.74) is 5.09. The van der Waals surface area contributed by atoms with E-state index >= 15 is 0 Å². The first-order valence-electron chi connectivity index (χ1n) is 9.66. The number of hydrazone groups is 1. The summed E-state index contributed by atoms with van der Waals surface area (Å²) in [6.45, 7) is 4.36. The number of hydrogen-bond donors (Lipinski definition) is 0. The van der Waals surface area contributed by atoms with Gasteiger partial charge in [-0.2, -0.15) is 10.1 Å². The predicted octanol–water partition coefficient (Wildman–Crippen LogP) is 6.14. The number of amides is 1. The molecular weight excluding hydrogens is 440 g/mol. The summed E-state index contributed by atoms with van der Waals surface area (Å²) in [4.78, 5) is 13.0. The summed E-state index contributed by atoms with van der Waals surface area (Å²) in [6.07, 6.45) is 1.85. The Balaban J connectivity index is 1.62. The number of anilines is 1. The van der Waals surface area contributed by atoms with Gasteiger partial charge in [0.15, 0.2) is 0 Å². The number of nitrogens with zero attached hydrogens (tertiary/aromatic N) is 2. The lowest BCUT2D eigenvalue weighted by atomic mass is 10.1. The second-order valence-electron chi connectivity index (χ2n) is 7.16. The summed E-state index contributed by atoms with van der Waals surface area (Å²) in [5.74, 6) is 0.564. The van der Waals surface area contributed by atoms with E-state index in [4.69, 9.17) is 4.74 Å². The number of para-hydroxylation sites is 1. The van der Waals surface area contributed by atoms with Crippen molar-refractivity contribution in [2.45, 2.75) is 20.5 Å². The number of halogens is 1. The fourth-order valence-corrected chi connectivity index (χ4v) is 3.69. The fraction of sp³-hybridized carbons (Fsp3) is 0.120. The Morgan fingerprint density at radius 1 is 1.00 bits per heavy atom. The van der Waals surface area contributed by atoms with Crippen LogP contribution in [0.4, 0.5) is 5.69 Å². The van der Waals surface area contributed by atoms with Crippen molar-refractivity contribution in [2.75, 3.05) is 5.01 Å². The van der Waals surface area contributed by atoms with Crippen molar-refractivity contribution in [2.24, 2.45) is 5.10 Å². The molecule has 1 aliphatic heterocycles. The number of benzene rings is 3. The Hall–Kier alpha value is -3.18. The topological polar surface area (TPSA) is 41.9 Å². The quantitative estimate of drug-likeness (QED) is 0.428. The Morgan fingerprint density at radius 2 is 1.80 bits per heavy atom. The van der Waals surface area contributed by atoms with E-state index < -0.39 is 0 Å². The highest BCUT2D eigenvalue weighted by molar-refractivity contribution is 9.10. The number of carbonyl (C=O) groups excluding carboxylic acids is 1. The molecule has 0 aromatic heterocycles. The molecule has 4 rings (SSSR count). The summed E-state index contributed by atoms with van der Waals surface area (Å²) < 4.78 is 7.01. The van der Waals surface area contributed by atoms with E-state index in [9.17, 15) is 4.79 Å². The van der Waals surface area contributed by atoms with Gasteiger partial charge in [-0.3, -0.25) is 4.79 Å². The van der Waals surface area contributed by atoms with Crippen molar-refractivity contribution in [3.63, 3.8) is 0 Å². The lowest BCUT2D eigenvalue weighted by Gasteiger charge is -2.12. The van der Waals surface area contributed by atoms with Gasteiger partial charge in [0.05, 0.1) is 17.0 Å². The first-order chi connectivity index (χ1) is 14.5. The van der Waals surface area contributed by atoms with Crippen LogP contribution in [0.2, 0.25) is 0 Å². The molecule has 3 aromatic carbocycles. The van der Waals surface area contributed by atoms with Crippen LogP contribution in [0.15, 0.2) is 87.9 Å². The van der Waals surface area contributed by atoms with E-state index in [-0.39, 0.29) is 5.91 Å². The van der Waals surface area contributed by atoms with Gasteiger partial charge >= 0.3 is 0 Å². The van der Waals surface area contributed by atoms with Crippen LogP contribution in [0.3, 0.4) is 0 Å². The number of ether oxygens (including phenoxy) is 1. The van der Waals surface area contributed by atoms with E-state index in [2.05, 4.69) is 40.1 Å². The van der Waals surface area contributed by atoms with Gasteiger partial charge in [-0.1, -0.05) is 64.0 Å². The molecule has 4 nitrogen and oxygen atoms in total. The standard InChI is InChI=1S/C25H21BrN2O2/c1-17-7-6-8-19(13-17)16-30-24-12-11-21(26)14-20(24)15-23-18(2)27-28(25(23)29)22-9-4-3-5-10-22/h3-15H,16H2,1-2H3/b23-15+. The van der Waals surface area contributed by atoms with Gasteiger partial charge in [0.2, 0.25) is 0 Å². The molecule has 1 aliphatic rings. The number of rotatable bonds is 5. The summed E-state index contributed by atoms with van der Waals surface area (Å²) in [6, 6.07) is 23.4. The number of carbonyl (C=O) groups is 1. The normalized spacial score (nSPS) is 14.9. The van der Waals surface area contributed by atoms with Crippen LogP contribution < -0.4 is 9.75 Å². The monoisotopic (exact) mass is 460 g/mol. The van der Waals surface area contributed by atoms with E-state index in [1.165, 1.54) is 10.6 Å². The molecule has 0 spiro atoms. The van der Waals surface area contributed by atoms with Crippen LogP contribution in [0, 0.1) is 6.92 Å². The molecule has 0 aliphatic carbocycles. The molecule has 0 unspecified atom stereocenters. The van der Waals surface area contributed by atoms with E-state index in [0.717, 1.165) is 21.3 Å². The Bertz CT molecular complexity index is 1150. The minimum atomic E-state index is -0.150. The Kier molecular flexibility index (Phi) is 5.81. The van der Waals surface area contributed by atoms with Gasteiger partial charge < -0.3 is 4.74 Å². The van der Waals surface area contributed by atoms with E-state index in [1.54, 1.807) is 0 Å². The van der Waals surface area contributed by atoms with Crippen LogP contribution >= 0.6 is 15.9 Å². The Morgan fingerprint density at radius 3 is 2.57 bits per heavy atom. The smallest absolute Gasteiger partial charge is 0.280 e. The first kappa shape index (κ1) is 20.1. The van der Waals surface area contributed by atoms with Gasteiger partial charge in [-0.15, -0.1) is 0 Å². The maximum absolute atomic E-state index is 13.0. The van der Waals surface area contributed by atoms with Crippen LogP contribution in [0.1, 0.15) is 23.6 Å². The van der Waals surface area contributed by atoms with Crippen molar-refractivity contribution in [1.29, 1.82) is 0 Å². The van der Waals surface area contributed by atoms with E-state index in [0.29, 0.717) is 23.6 Å². The summed E-state index contributed by atoms with van der Waals surface area (Å²) in [7, 11) is 0. The molecule has 1 amide bonds. The zero-order valence-electron chi connectivity index (χ0n) is 16.8. The maximum atomic E-state index is 13.0. The number of aryl methyl sites for hydroxylation is 1. The molecule has 0 bridgehead atoms. The zero-order chi connectivity index (χ0) is 21.1. The average Bonchev–Trinajstić information content (AvgIpc) is 3.02. The number of hydrogen-bond acceptors (Lipinski definition) is 3. The lowest BCUT2D eigenvalue weighted by Crippen LogP contribution is -2.21. The zero-order valence-corrected chi connectivity index (χ0v) is 18.4. The highest BCUT2D eigenvalue weighted by Crippen LogP contribution is 2.30. The van der Waals surface area contributed by atoms with Crippen molar-refractivity contribution < 1.29 is 9.53 Å². The molecule has 0 saturated heterocycles. The Labute approximate surface area is 184 Å². The second kappa shape index (κ2) is 8.67. The van der Waals surface area contributed by atoms with Crippen molar-refractivity contribution in [3.8, 4) is 5.75 Å². The van der Waals surface area contributed by atoms with Crippen molar-refractivity contribution in [3.05, 3.63) is 99.5 Å². The third kappa shape index (κ3) is 4.36. The molecule has 1 heterocycles. The molecule has 0 atom stereocenters. The van der Waals surface area contributed by atoms with Crippen molar-refractivity contribution in [1.82, 2.24) is 0 Å². The van der Waals surface area contributed by atoms with Crippen LogP contribution in [-0.4, -0.2) is 11.6 Å². The maximum Gasteiger partial charge on any atom is 0.280 e. The van der Waals surface area contributed by atoms with Gasteiger partial charge in [-0.25, -0.2) is 0 Å². The van der Waals surface area contributed by atoms with E-state index in [1.807, 2.05) is 73.7 Å². The highest BCUT2D eigenvalue weighted by atomic mass is 79.9. The van der Waals surface area contributed by atoms with Crippen LogP contribution in [-0.2, 0) is 11.4 Å². The van der Waals surface area contributed by atoms with Gasteiger partial charge in [0.25, 0.3) is 5.91 Å². The van der Waals surface area contributed by atoms with Crippen LogP contribution in [0.5, 0.6) is 5.75 Å². The molecule has 30 heavy (non-hydrogen) atoms. The molecule has 5 heteroatoms. The summed E-state index contributed by atoms with van der Waals surface area (Å²) >= 11 is 3.52. The first-order valence-corrected chi connectivity index (χ1v) is 10.5. The third-order valence-corrected chi connectivity index (χ3v) is 5.31. The van der Waals surface area contributed by atoms with Crippen LogP contribution in [0.25, 0.3) is 6.08 Å².